The first-order valence-corrected chi connectivity index (χ1v) is 11.9. The van der Waals surface area contributed by atoms with E-state index in [1.165, 1.54) is 12.3 Å². The summed E-state index contributed by atoms with van der Waals surface area (Å²) in [6, 6.07) is 16.7. The maximum absolute atomic E-state index is 12.3. The third kappa shape index (κ3) is 7.73. The number of methoxy groups -OCH3 is 1. The maximum atomic E-state index is 12.3. The summed E-state index contributed by atoms with van der Waals surface area (Å²) in [4.78, 5) is 24.3. The van der Waals surface area contributed by atoms with Gasteiger partial charge in [0.05, 0.1) is 35.5 Å². The van der Waals surface area contributed by atoms with Crippen LogP contribution in [0.5, 0.6) is 11.5 Å². The largest absolute Gasteiger partial charge is 0.496 e. The molecule has 0 unspecified atom stereocenters. The number of hydrogen-bond acceptors (Lipinski definition) is 6. The van der Waals surface area contributed by atoms with Gasteiger partial charge in [-0.1, -0.05) is 37.0 Å². The lowest BCUT2D eigenvalue weighted by atomic mass is 10.1. The van der Waals surface area contributed by atoms with Gasteiger partial charge in [0.1, 0.15) is 18.1 Å². The summed E-state index contributed by atoms with van der Waals surface area (Å²) in [5.74, 6) is 0.714. The molecule has 0 radical (unpaired) electrons. The number of ether oxygens (including phenoxy) is 3. The molecule has 0 heterocycles. The van der Waals surface area contributed by atoms with Crippen molar-refractivity contribution in [2.45, 2.75) is 20.5 Å². The zero-order valence-corrected chi connectivity index (χ0v) is 21.6. The van der Waals surface area contributed by atoms with E-state index < -0.39 is 5.91 Å². The number of carbonyl (C=O) groups is 2. The number of halogens is 2. The van der Waals surface area contributed by atoms with Crippen LogP contribution in [0.3, 0.4) is 0 Å². The minimum Gasteiger partial charge on any atom is -0.496 e. The normalized spacial score (nSPS) is 10.9. The Kier molecular flexibility index (Phi) is 9.73. The van der Waals surface area contributed by atoms with Crippen molar-refractivity contribution in [3.63, 3.8) is 0 Å². The van der Waals surface area contributed by atoms with Gasteiger partial charge in [0.2, 0.25) is 0 Å². The summed E-state index contributed by atoms with van der Waals surface area (Å²) in [6.45, 7) is 4.55. The summed E-state index contributed by atoms with van der Waals surface area (Å²) < 4.78 is 16.5. The average Bonchev–Trinajstić information content (AvgIpc) is 2.88. The first-order chi connectivity index (χ1) is 17.3. The third-order valence-electron chi connectivity index (χ3n) is 4.90. The smallest absolute Gasteiger partial charge is 0.338 e. The van der Waals surface area contributed by atoms with Crippen LogP contribution in [-0.4, -0.2) is 31.8 Å². The standard InChI is InChI=1S/C27H26Cl2N2O5/c1-17(2)15-36-27(33)19-5-8-22(9-6-19)35-16-21-12-18(4-11-25(21)34-3)14-30-31-26(32)20-7-10-23(28)24(29)13-20/h4-14,17H,15-16H2,1-3H3,(H,31,32)/b30-14-. The molecule has 9 heteroatoms. The van der Waals surface area contributed by atoms with Gasteiger partial charge in [0.25, 0.3) is 5.91 Å². The fraction of sp³-hybridized carbons (Fsp3) is 0.222. The number of benzene rings is 3. The Labute approximate surface area is 220 Å². The van der Waals surface area contributed by atoms with Gasteiger partial charge >= 0.3 is 5.97 Å². The Morgan fingerprint density at radius 2 is 1.69 bits per heavy atom. The average molecular weight is 529 g/mol. The molecule has 1 amide bonds. The number of hydrazone groups is 1. The summed E-state index contributed by atoms with van der Waals surface area (Å²) in [5, 5.41) is 4.66. The molecule has 3 aromatic carbocycles. The summed E-state index contributed by atoms with van der Waals surface area (Å²) in [6.07, 6.45) is 1.51. The zero-order chi connectivity index (χ0) is 26.1. The lowest BCUT2D eigenvalue weighted by Gasteiger charge is -2.12. The topological polar surface area (TPSA) is 86.2 Å². The van der Waals surface area contributed by atoms with E-state index in [0.717, 1.165) is 11.1 Å². The lowest BCUT2D eigenvalue weighted by Crippen LogP contribution is -2.17. The van der Waals surface area contributed by atoms with E-state index in [-0.39, 0.29) is 23.5 Å². The number of hydrogen-bond donors (Lipinski definition) is 1. The van der Waals surface area contributed by atoms with Crippen LogP contribution in [-0.2, 0) is 11.3 Å². The number of nitrogens with one attached hydrogen (secondary N) is 1. The van der Waals surface area contributed by atoms with Crippen LogP contribution < -0.4 is 14.9 Å². The SMILES string of the molecule is COc1ccc(/C=N\NC(=O)c2ccc(Cl)c(Cl)c2)cc1COc1ccc(C(=O)OCC(C)C)cc1. The van der Waals surface area contributed by atoms with Gasteiger partial charge in [-0.15, -0.1) is 0 Å². The predicted molar refractivity (Wildman–Crippen MR) is 140 cm³/mol. The van der Waals surface area contributed by atoms with E-state index in [2.05, 4.69) is 10.5 Å². The van der Waals surface area contributed by atoms with Crippen LogP contribution >= 0.6 is 23.2 Å². The Bertz CT molecular complexity index is 1240. The van der Waals surface area contributed by atoms with E-state index in [4.69, 9.17) is 37.4 Å². The summed E-state index contributed by atoms with van der Waals surface area (Å²) in [7, 11) is 1.57. The molecule has 0 aliphatic rings. The van der Waals surface area contributed by atoms with Gasteiger partial charge in [-0.3, -0.25) is 4.79 Å². The Hall–Kier alpha value is -3.55. The number of rotatable bonds is 10. The second-order valence-corrected chi connectivity index (χ2v) is 9.02. The van der Waals surface area contributed by atoms with E-state index in [1.54, 1.807) is 55.6 Å². The van der Waals surface area contributed by atoms with Crippen molar-refractivity contribution in [3.8, 4) is 11.5 Å². The van der Waals surface area contributed by atoms with E-state index >= 15 is 0 Å². The maximum Gasteiger partial charge on any atom is 0.338 e. The summed E-state index contributed by atoms with van der Waals surface area (Å²) in [5.41, 5.74) is 4.76. The molecule has 0 spiro atoms. The van der Waals surface area contributed by atoms with Crippen molar-refractivity contribution in [2.75, 3.05) is 13.7 Å². The van der Waals surface area contributed by atoms with Crippen molar-refractivity contribution < 1.29 is 23.8 Å². The number of esters is 1. The van der Waals surface area contributed by atoms with Crippen LogP contribution in [0.4, 0.5) is 0 Å². The van der Waals surface area contributed by atoms with Gasteiger partial charge < -0.3 is 14.2 Å². The molecule has 0 aliphatic carbocycles. The van der Waals surface area contributed by atoms with Crippen molar-refractivity contribution in [2.24, 2.45) is 11.0 Å². The first-order valence-electron chi connectivity index (χ1n) is 11.1. The molecule has 0 fully saturated rings. The van der Waals surface area contributed by atoms with Gasteiger partial charge in [0.15, 0.2) is 0 Å². The Morgan fingerprint density at radius 3 is 2.36 bits per heavy atom. The van der Waals surface area contributed by atoms with E-state index in [0.29, 0.717) is 34.3 Å². The zero-order valence-electron chi connectivity index (χ0n) is 20.1. The van der Waals surface area contributed by atoms with Crippen LogP contribution in [0.15, 0.2) is 65.8 Å². The van der Waals surface area contributed by atoms with Crippen molar-refractivity contribution in [3.05, 3.63) is 93.0 Å². The second-order valence-electron chi connectivity index (χ2n) is 8.20. The number of carbonyl (C=O) groups excluding carboxylic acids is 2. The minimum atomic E-state index is -0.418. The molecule has 1 N–H and O–H groups in total. The van der Waals surface area contributed by atoms with Crippen molar-refractivity contribution in [1.29, 1.82) is 0 Å². The molecule has 3 rings (SSSR count). The molecule has 0 aliphatic heterocycles. The molecule has 0 aromatic heterocycles. The predicted octanol–water partition coefficient (Wildman–Crippen LogP) is 6.16. The fourth-order valence-electron chi connectivity index (χ4n) is 3.03. The van der Waals surface area contributed by atoms with Gasteiger partial charge in [-0.2, -0.15) is 5.10 Å². The third-order valence-corrected chi connectivity index (χ3v) is 5.64. The van der Waals surface area contributed by atoms with Gasteiger partial charge in [-0.25, -0.2) is 10.2 Å². The van der Waals surface area contributed by atoms with Crippen molar-refractivity contribution in [1.82, 2.24) is 5.43 Å². The van der Waals surface area contributed by atoms with Crippen LogP contribution in [0.2, 0.25) is 10.0 Å². The van der Waals surface area contributed by atoms with Gasteiger partial charge in [-0.05, 0) is 72.1 Å². The number of amides is 1. The molecular formula is C27H26Cl2N2O5. The molecule has 36 heavy (non-hydrogen) atoms. The lowest BCUT2D eigenvalue weighted by molar-refractivity contribution is 0.0459. The molecule has 0 saturated heterocycles. The minimum absolute atomic E-state index is 0.220. The fourth-order valence-corrected chi connectivity index (χ4v) is 3.33. The van der Waals surface area contributed by atoms with Crippen LogP contribution in [0, 0.1) is 5.92 Å². The highest BCUT2D eigenvalue weighted by Gasteiger charge is 2.10. The second kappa shape index (κ2) is 13.0. The Balaban J connectivity index is 1.61. The molecule has 3 aromatic rings. The number of nitrogens with zero attached hydrogens (tertiary/aromatic N) is 1. The molecule has 7 nitrogen and oxygen atoms in total. The summed E-state index contributed by atoms with van der Waals surface area (Å²) >= 11 is 11.8. The van der Waals surface area contributed by atoms with Crippen molar-refractivity contribution >= 4 is 41.3 Å². The van der Waals surface area contributed by atoms with E-state index in [1.807, 2.05) is 19.9 Å². The molecular weight excluding hydrogens is 503 g/mol. The highest BCUT2D eigenvalue weighted by atomic mass is 35.5. The Morgan fingerprint density at radius 1 is 0.972 bits per heavy atom. The monoisotopic (exact) mass is 528 g/mol. The molecule has 0 bridgehead atoms. The quantitative estimate of drug-likeness (QED) is 0.193. The van der Waals surface area contributed by atoms with Crippen LogP contribution in [0.1, 0.15) is 45.7 Å². The molecule has 0 saturated carbocycles. The molecule has 0 atom stereocenters. The van der Waals surface area contributed by atoms with Gasteiger partial charge in [0, 0.05) is 11.1 Å². The highest BCUT2D eigenvalue weighted by molar-refractivity contribution is 6.42. The van der Waals surface area contributed by atoms with Crippen LogP contribution in [0.25, 0.3) is 0 Å². The van der Waals surface area contributed by atoms with E-state index in [9.17, 15) is 9.59 Å². The highest BCUT2D eigenvalue weighted by Crippen LogP contribution is 2.23. The molecule has 188 valence electrons. The first kappa shape index (κ1) is 27.0.